The Labute approximate surface area is 216 Å². The van der Waals surface area contributed by atoms with Crippen molar-refractivity contribution in [3.63, 3.8) is 0 Å². The van der Waals surface area contributed by atoms with Crippen LogP contribution in [0.5, 0.6) is 0 Å². The molecule has 1 aliphatic rings. The standard InChI is InChI=1S/C26H23N9O3/c1-15-3-9-21(34-14-28-31-32-34)24(29-15)17-11-19-8-10-22(35(19)23(36)12-17)25-27-13-20(30-25)16-4-6-18(7-5-16)33(2)26(37)38/h3-7,9,11-14,22H,8,10H2,1-2H3,(H,27,30)(H,37,38)/t22-/m0/s1. The summed E-state index contributed by atoms with van der Waals surface area (Å²) in [6.07, 6.45) is 3.65. The second kappa shape index (κ2) is 9.07. The molecule has 38 heavy (non-hydrogen) atoms. The number of tetrazole rings is 1. The minimum atomic E-state index is -1.03. The third-order valence-electron chi connectivity index (χ3n) is 6.78. The van der Waals surface area contributed by atoms with E-state index >= 15 is 0 Å². The summed E-state index contributed by atoms with van der Waals surface area (Å²) in [6, 6.07) is 14.3. The van der Waals surface area contributed by atoms with Crippen LogP contribution in [-0.2, 0) is 6.42 Å². The Morgan fingerprint density at radius 2 is 1.95 bits per heavy atom. The van der Waals surface area contributed by atoms with Crippen LogP contribution in [-0.4, -0.2) is 58.0 Å². The molecule has 4 aromatic heterocycles. The van der Waals surface area contributed by atoms with Crippen molar-refractivity contribution >= 4 is 11.8 Å². The van der Waals surface area contributed by atoms with Crippen LogP contribution in [0.15, 0.2) is 65.8 Å². The molecule has 1 aliphatic heterocycles. The second-order valence-electron chi connectivity index (χ2n) is 9.14. The van der Waals surface area contributed by atoms with Gasteiger partial charge in [0.2, 0.25) is 0 Å². The molecule has 6 rings (SSSR count). The van der Waals surface area contributed by atoms with Gasteiger partial charge in [0.15, 0.2) is 0 Å². The van der Waals surface area contributed by atoms with Crippen molar-refractivity contribution in [3.8, 4) is 28.2 Å². The molecule has 12 heteroatoms. The summed E-state index contributed by atoms with van der Waals surface area (Å²) >= 11 is 0. The number of amides is 1. The predicted molar refractivity (Wildman–Crippen MR) is 138 cm³/mol. The van der Waals surface area contributed by atoms with Crippen LogP contribution in [0.4, 0.5) is 10.5 Å². The molecule has 0 radical (unpaired) electrons. The van der Waals surface area contributed by atoms with Crippen molar-refractivity contribution in [2.24, 2.45) is 0 Å². The molecule has 0 aliphatic carbocycles. The van der Waals surface area contributed by atoms with E-state index in [0.717, 1.165) is 34.0 Å². The van der Waals surface area contributed by atoms with Crippen molar-refractivity contribution in [1.29, 1.82) is 0 Å². The highest BCUT2D eigenvalue weighted by Gasteiger charge is 2.28. The van der Waals surface area contributed by atoms with E-state index < -0.39 is 6.09 Å². The summed E-state index contributed by atoms with van der Waals surface area (Å²) in [7, 11) is 1.49. The quantitative estimate of drug-likeness (QED) is 0.367. The zero-order valence-electron chi connectivity index (χ0n) is 20.6. The van der Waals surface area contributed by atoms with Gasteiger partial charge in [-0.15, -0.1) is 5.10 Å². The van der Waals surface area contributed by atoms with Crippen molar-refractivity contribution in [1.82, 2.24) is 39.7 Å². The maximum Gasteiger partial charge on any atom is 0.411 e. The van der Waals surface area contributed by atoms with Crippen molar-refractivity contribution in [3.05, 3.63) is 88.6 Å². The van der Waals surface area contributed by atoms with Gasteiger partial charge in [-0.3, -0.25) is 14.7 Å². The monoisotopic (exact) mass is 509 g/mol. The largest absolute Gasteiger partial charge is 0.465 e. The van der Waals surface area contributed by atoms with Crippen molar-refractivity contribution < 1.29 is 9.90 Å². The average molecular weight is 510 g/mol. The lowest BCUT2D eigenvalue weighted by Gasteiger charge is -2.14. The van der Waals surface area contributed by atoms with Crippen LogP contribution in [0.2, 0.25) is 0 Å². The van der Waals surface area contributed by atoms with Gasteiger partial charge in [-0.25, -0.2) is 9.78 Å². The van der Waals surface area contributed by atoms with Gasteiger partial charge in [0.1, 0.15) is 12.2 Å². The van der Waals surface area contributed by atoms with Crippen LogP contribution < -0.4 is 10.5 Å². The van der Waals surface area contributed by atoms with Gasteiger partial charge >= 0.3 is 6.09 Å². The van der Waals surface area contributed by atoms with Gasteiger partial charge in [0, 0.05) is 35.8 Å². The molecular formula is C26H23N9O3. The van der Waals surface area contributed by atoms with Gasteiger partial charge in [-0.05, 0) is 66.1 Å². The number of fused-ring (bicyclic) bond motifs is 1. The molecule has 5 aromatic rings. The van der Waals surface area contributed by atoms with E-state index in [4.69, 9.17) is 5.11 Å². The SMILES string of the molecule is Cc1ccc(-n2cnnn2)c(-c2cc3n(c(=O)c2)[C@H](c2ncc(-c4ccc(N(C)C(=O)O)cc4)[nH]2)CC3)n1. The molecule has 12 nitrogen and oxygen atoms in total. The number of carbonyl (C=O) groups is 1. The number of pyridine rings is 2. The highest BCUT2D eigenvalue weighted by molar-refractivity contribution is 5.85. The summed E-state index contributed by atoms with van der Waals surface area (Å²) < 4.78 is 3.32. The first-order valence-electron chi connectivity index (χ1n) is 12.0. The molecule has 190 valence electrons. The summed E-state index contributed by atoms with van der Waals surface area (Å²) in [5, 5.41) is 20.6. The number of aromatic amines is 1. The number of aromatic nitrogens is 8. The minimum Gasteiger partial charge on any atom is -0.465 e. The highest BCUT2D eigenvalue weighted by Crippen LogP contribution is 2.33. The number of nitrogens with zero attached hydrogens (tertiary/aromatic N) is 8. The highest BCUT2D eigenvalue weighted by atomic mass is 16.4. The lowest BCUT2D eigenvalue weighted by molar-refractivity contribution is 0.203. The predicted octanol–water partition coefficient (Wildman–Crippen LogP) is 3.23. The topological polar surface area (TPSA) is 148 Å². The van der Waals surface area contributed by atoms with Gasteiger partial charge in [0.05, 0.1) is 29.3 Å². The number of H-pyrrole nitrogens is 1. The average Bonchev–Trinajstić information content (AvgIpc) is 3.69. The first-order chi connectivity index (χ1) is 18.4. The Morgan fingerprint density at radius 3 is 2.68 bits per heavy atom. The summed E-state index contributed by atoms with van der Waals surface area (Å²) in [5.41, 5.74) is 5.86. The fourth-order valence-corrected chi connectivity index (χ4v) is 4.84. The van der Waals surface area contributed by atoms with Crippen molar-refractivity contribution in [2.75, 3.05) is 11.9 Å². The lowest BCUT2D eigenvalue weighted by atomic mass is 10.1. The zero-order chi connectivity index (χ0) is 26.4. The molecule has 0 unspecified atom stereocenters. The molecule has 1 amide bonds. The van der Waals surface area contributed by atoms with E-state index in [1.807, 2.05) is 37.3 Å². The third-order valence-corrected chi connectivity index (χ3v) is 6.78. The van der Waals surface area contributed by atoms with Crippen LogP contribution in [0.1, 0.15) is 29.7 Å². The Kier molecular flexibility index (Phi) is 5.56. The molecule has 0 spiro atoms. The first-order valence-corrected chi connectivity index (χ1v) is 12.0. The van der Waals surface area contributed by atoms with E-state index in [-0.39, 0.29) is 11.6 Å². The Hall–Kier alpha value is -5.13. The fourth-order valence-electron chi connectivity index (χ4n) is 4.84. The van der Waals surface area contributed by atoms with Crippen LogP contribution in [0.25, 0.3) is 28.2 Å². The smallest absolute Gasteiger partial charge is 0.411 e. The number of nitrogens with one attached hydrogen (secondary N) is 1. The second-order valence-corrected chi connectivity index (χ2v) is 9.14. The fraction of sp³-hybridized carbons (Fsp3) is 0.192. The maximum absolute atomic E-state index is 13.4. The van der Waals surface area contributed by atoms with E-state index in [1.165, 1.54) is 18.1 Å². The molecule has 2 N–H and O–H groups in total. The van der Waals surface area contributed by atoms with Gasteiger partial charge in [0.25, 0.3) is 5.56 Å². The summed E-state index contributed by atoms with van der Waals surface area (Å²) in [4.78, 5) is 38.4. The maximum atomic E-state index is 13.4. The molecule has 1 atom stereocenters. The number of rotatable bonds is 5. The van der Waals surface area contributed by atoms with Gasteiger partial charge < -0.3 is 14.7 Å². The summed E-state index contributed by atoms with van der Waals surface area (Å²) in [5.74, 6) is 0.698. The molecule has 0 saturated heterocycles. The van der Waals surface area contributed by atoms with Crippen LogP contribution in [0, 0.1) is 6.92 Å². The molecule has 0 fully saturated rings. The lowest BCUT2D eigenvalue weighted by Crippen LogP contribution is -2.24. The Balaban J connectivity index is 1.32. The van der Waals surface area contributed by atoms with E-state index in [1.54, 1.807) is 29.0 Å². The minimum absolute atomic E-state index is 0.134. The number of imidazole rings is 1. The van der Waals surface area contributed by atoms with Crippen LogP contribution >= 0.6 is 0 Å². The number of hydrogen-bond acceptors (Lipinski definition) is 7. The summed E-state index contributed by atoms with van der Waals surface area (Å²) in [6.45, 7) is 1.90. The Morgan fingerprint density at radius 1 is 1.13 bits per heavy atom. The van der Waals surface area contributed by atoms with Crippen molar-refractivity contribution in [2.45, 2.75) is 25.8 Å². The molecule has 0 saturated carbocycles. The number of carboxylic acid groups (broad SMARTS) is 1. The number of aryl methyl sites for hydroxylation is 2. The van der Waals surface area contributed by atoms with Crippen LogP contribution in [0.3, 0.4) is 0 Å². The van der Waals surface area contributed by atoms with E-state index in [0.29, 0.717) is 34.9 Å². The van der Waals surface area contributed by atoms with Gasteiger partial charge in [-0.2, -0.15) is 4.68 Å². The number of anilines is 1. The molecule has 1 aromatic carbocycles. The normalized spacial score (nSPS) is 14.4. The molecular weight excluding hydrogens is 486 g/mol. The Bertz CT molecular complexity index is 1710. The van der Waals surface area contributed by atoms with Gasteiger partial charge in [-0.1, -0.05) is 12.1 Å². The van der Waals surface area contributed by atoms with E-state index in [9.17, 15) is 9.59 Å². The number of hydrogen-bond donors (Lipinski definition) is 2. The molecule has 5 heterocycles. The number of benzene rings is 1. The zero-order valence-corrected chi connectivity index (χ0v) is 20.6. The first kappa shape index (κ1) is 23.3. The molecule has 0 bridgehead atoms. The third kappa shape index (κ3) is 4.01. The van der Waals surface area contributed by atoms with E-state index in [2.05, 4.69) is 30.5 Å².